The molecule has 0 aliphatic heterocycles. The van der Waals surface area contributed by atoms with E-state index in [-0.39, 0.29) is 17.4 Å². The van der Waals surface area contributed by atoms with Crippen LogP contribution in [0.15, 0.2) is 35.1 Å². The zero-order valence-corrected chi connectivity index (χ0v) is 14.3. The van der Waals surface area contributed by atoms with Crippen molar-refractivity contribution in [1.29, 1.82) is 0 Å². The fourth-order valence-electron chi connectivity index (χ4n) is 3.32. The fraction of sp³-hybridized carbons (Fsp3) is 0.400. The second-order valence-electron chi connectivity index (χ2n) is 6.80. The third kappa shape index (κ3) is 3.58. The van der Waals surface area contributed by atoms with E-state index in [1.807, 2.05) is 13.8 Å². The second-order valence-corrected chi connectivity index (χ2v) is 6.80. The van der Waals surface area contributed by atoms with Gasteiger partial charge in [-0.05, 0) is 54.4 Å². The van der Waals surface area contributed by atoms with Gasteiger partial charge in [-0.15, -0.1) is 0 Å². The van der Waals surface area contributed by atoms with Crippen molar-refractivity contribution in [2.24, 2.45) is 0 Å². The molecule has 4 heteroatoms. The second kappa shape index (κ2) is 7.04. The first-order valence-electron chi connectivity index (χ1n) is 8.66. The Balaban J connectivity index is 1.73. The highest BCUT2D eigenvalue weighted by atomic mass is 16.1. The number of H-pyrrole nitrogens is 1. The van der Waals surface area contributed by atoms with Gasteiger partial charge in [-0.1, -0.05) is 32.0 Å². The molecule has 1 heterocycles. The van der Waals surface area contributed by atoms with E-state index < -0.39 is 0 Å². The Labute approximate surface area is 142 Å². The molecule has 0 saturated carbocycles. The average Bonchev–Trinajstić information content (AvgIpc) is 2.59. The predicted molar refractivity (Wildman–Crippen MR) is 95.4 cm³/mol. The highest BCUT2D eigenvalue weighted by Gasteiger charge is 2.15. The van der Waals surface area contributed by atoms with Gasteiger partial charge in [-0.2, -0.15) is 0 Å². The molecule has 3 rings (SSSR count). The van der Waals surface area contributed by atoms with Crippen LogP contribution >= 0.6 is 0 Å². The van der Waals surface area contributed by atoms with E-state index in [2.05, 4.69) is 28.5 Å². The summed E-state index contributed by atoms with van der Waals surface area (Å²) in [4.78, 5) is 26.8. The lowest BCUT2D eigenvalue weighted by Crippen LogP contribution is -2.26. The molecular formula is C20H24N2O2. The van der Waals surface area contributed by atoms with Crippen molar-refractivity contribution in [3.05, 3.63) is 68.6 Å². The number of aromatic amines is 1. The molecule has 0 fully saturated rings. The van der Waals surface area contributed by atoms with Gasteiger partial charge in [0.1, 0.15) is 0 Å². The van der Waals surface area contributed by atoms with E-state index in [0.717, 1.165) is 18.4 Å². The standard InChI is InChI=1S/C20H24N2O2/c1-13(2)19-17(9-10-18(23)22-19)20(24)21-12-14-7-8-15-5-3-4-6-16(15)11-14/h7-11,13H,3-6,12H2,1-2H3,(H,21,24)(H,22,23). The van der Waals surface area contributed by atoms with Crippen LogP contribution in [0.1, 0.15) is 65.3 Å². The van der Waals surface area contributed by atoms with Gasteiger partial charge < -0.3 is 10.3 Å². The van der Waals surface area contributed by atoms with Crippen LogP contribution in [0.5, 0.6) is 0 Å². The van der Waals surface area contributed by atoms with Gasteiger partial charge in [0.25, 0.3) is 5.91 Å². The number of aryl methyl sites for hydroxylation is 2. The molecule has 1 aromatic heterocycles. The summed E-state index contributed by atoms with van der Waals surface area (Å²) < 4.78 is 0. The summed E-state index contributed by atoms with van der Waals surface area (Å²) in [6.07, 6.45) is 4.82. The summed E-state index contributed by atoms with van der Waals surface area (Å²) in [6.45, 7) is 4.43. The van der Waals surface area contributed by atoms with Crippen molar-refractivity contribution in [2.45, 2.75) is 52.0 Å². The van der Waals surface area contributed by atoms with Crippen LogP contribution in [0.25, 0.3) is 0 Å². The number of hydrogen-bond donors (Lipinski definition) is 2. The van der Waals surface area contributed by atoms with Crippen LogP contribution < -0.4 is 10.9 Å². The lowest BCUT2D eigenvalue weighted by atomic mass is 9.90. The summed E-state index contributed by atoms with van der Waals surface area (Å²) in [5, 5.41) is 2.98. The Kier molecular flexibility index (Phi) is 4.84. The highest BCUT2D eigenvalue weighted by molar-refractivity contribution is 5.95. The first-order valence-corrected chi connectivity index (χ1v) is 8.66. The number of carbonyl (C=O) groups excluding carboxylic acids is 1. The lowest BCUT2D eigenvalue weighted by molar-refractivity contribution is 0.0949. The number of pyridine rings is 1. The zero-order chi connectivity index (χ0) is 17.1. The van der Waals surface area contributed by atoms with Crippen LogP contribution in [-0.4, -0.2) is 10.9 Å². The Morgan fingerprint density at radius 3 is 2.62 bits per heavy atom. The van der Waals surface area contributed by atoms with Crippen molar-refractivity contribution < 1.29 is 4.79 Å². The van der Waals surface area contributed by atoms with Crippen molar-refractivity contribution in [3.63, 3.8) is 0 Å². The summed E-state index contributed by atoms with van der Waals surface area (Å²) in [7, 11) is 0. The fourth-order valence-corrected chi connectivity index (χ4v) is 3.32. The van der Waals surface area contributed by atoms with E-state index in [0.29, 0.717) is 17.8 Å². The van der Waals surface area contributed by atoms with Gasteiger partial charge in [0.15, 0.2) is 0 Å². The summed E-state index contributed by atoms with van der Waals surface area (Å²) in [5.41, 5.74) is 5.04. The zero-order valence-electron chi connectivity index (χ0n) is 14.3. The first kappa shape index (κ1) is 16.5. The van der Waals surface area contributed by atoms with Crippen LogP contribution in [0, 0.1) is 0 Å². The smallest absolute Gasteiger partial charge is 0.253 e. The largest absolute Gasteiger partial charge is 0.348 e. The van der Waals surface area contributed by atoms with Crippen molar-refractivity contribution in [1.82, 2.24) is 10.3 Å². The number of nitrogens with one attached hydrogen (secondary N) is 2. The summed E-state index contributed by atoms with van der Waals surface area (Å²) >= 11 is 0. The molecule has 0 unspecified atom stereocenters. The third-order valence-corrected chi connectivity index (χ3v) is 4.64. The third-order valence-electron chi connectivity index (χ3n) is 4.64. The van der Waals surface area contributed by atoms with E-state index in [4.69, 9.17) is 0 Å². The molecule has 0 atom stereocenters. The van der Waals surface area contributed by atoms with Crippen LogP contribution in [0.2, 0.25) is 0 Å². The van der Waals surface area contributed by atoms with Gasteiger partial charge in [0, 0.05) is 18.3 Å². The van der Waals surface area contributed by atoms with Gasteiger partial charge in [0.2, 0.25) is 5.56 Å². The van der Waals surface area contributed by atoms with Crippen LogP contribution in [0.4, 0.5) is 0 Å². The Morgan fingerprint density at radius 1 is 1.12 bits per heavy atom. The normalized spacial score (nSPS) is 13.6. The minimum absolute atomic E-state index is 0.0865. The molecular weight excluding hydrogens is 300 g/mol. The Hall–Kier alpha value is -2.36. The van der Waals surface area contributed by atoms with Crippen LogP contribution in [0.3, 0.4) is 0 Å². The first-order chi connectivity index (χ1) is 11.5. The molecule has 1 aliphatic carbocycles. The molecule has 1 aromatic carbocycles. The molecule has 1 amide bonds. The molecule has 24 heavy (non-hydrogen) atoms. The molecule has 0 saturated heterocycles. The van der Waals surface area contributed by atoms with Gasteiger partial charge in [0.05, 0.1) is 5.56 Å². The number of fused-ring (bicyclic) bond motifs is 1. The van der Waals surface area contributed by atoms with Gasteiger partial charge >= 0.3 is 0 Å². The van der Waals surface area contributed by atoms with E-state index in [1.54, 1.807) is 6.07 Å². The number of rotatable bonds is 4. The molecule has 0 radical (unpaired) electrons. The number of amides is 1. The van der Waals surface area contributed by atoms with Crippen LogP contribution in [-0.2, 0) is 19.4 Å². The molecule has 126 valence electrons. The quantitative estimate of drug-likeness (QED) is 0.906. The lowest BCUT2D eigenvalue weighted by Gasteiger charge is -2.17. The van der Waals surface area contributed by atoms with Crippen molar-refractivity contribution in [3.8, 4) is 0 Å². The molecule has 2 N–H and O–H groups in total. The Bertz CT molecular complexity index is 806. The minimum Gasteiger partial charge on any atom is -0.348 e. The maximum Gasteiger partial charge on any atom is 0.253 e. The summed E-state index contributed by atoms with van der Waals surface area (Å²) in [6, 6.07) is 9.51. The topological polar surface area (TPSA) is 62.0 Å². The predicted octanol–water partition coefficient (Wildman–Crippen LogP) is 3.31. The molecule has 2 aromatic rings. The molecule has 4 nitrogen and oxygen atoms in total. The number of hydrogen-bond acceptors (Lipinski definition) is 2. The van der Waals surface area contributed by atoms with E-state index >= 15 is 0 Å². The van der Waals surface area contributed by atoms with Gasteiger partial charge in [-0.3, -0.25) is 9.59 Å². The highest BCUT2D eigenvalue weighted by Crippen LogP contribution is 2.22. The maximum atomic E-state index is 12.5. The average molecular weight is 324 g/mol. The maximum absolute atomic E-state index is 12.5. The van der Waals surface area contributed by atoms with Crippen molar-refractivity contribution in [2.75, 3.05) is 0 Å². The van der Waals surface area contributed by atoms with Crippen molar-refractivity contribution >= 4 is 5.91 Å². The van der Waals surface area contributed by atoms with Gasteiger partial charge in [-0.25, -0.2) is 0 Å². The number of benzene rings is 1. The van der Waals surface area contributed by atoms with E-state index in [1.165, 1.54) is 30.0 Å². The molecule has 0 spiro atoms. The summed E-state index contributed by atoms with van der Waals surface area (Å²) in [5.74, 6) is -0.0592. The molecule has 0 bridgehead atoms. The molecule has 1 aliphatic rings. The number of carbonyl (C=O) groups is 1. The minimum atomic E-state index is -0.176. The SMILES string of the molecule is CC(C)c1[nH]c(=O)ccc1C(=O)NCc1ccc2c(c1)CCCC2. The van der Waals surface area contributed by atoms with E-state index in [9.17, 15) is 9.59 Å². The Morgan fingerprint density at radius 2 is 1.88 bits per heavy atom. The monoisotopic (exact) mass is 324 g/mol. The number of aromatic nitrogens is 1.